The Morgan fingerprint density at radius 2 is 1.52 bits per heavy atom. The summed E-state index contributed by atoms with van der Waals surface area (Å²) in [5.41, 5.74) is 2.65. The number of rotatable bonds is 6. The summed E-state index contributed by atoms with van der Waals surface area (Å²) in [7, 11) is 0. The molecule has 130 valence electrons. The van der Waals surface area contributed by atoms with Crippen molar-refractivity contribution in [3.05, 3.63) is 29.3 Å². The van der Waals surface area contributed by atoms with Gasteiger partial charge in [-0.25, -0.2) is 0 Å². The highest BCUT2D eigenvalue weighted by atomic mass is 32.2. The molecule has 2 nitrogen and oxygen atoms in total. The van der Waals surface area contributed by atoms with E-state index in [0.29, 0.717) is 0 Å². The Balaban J connectivity index is 3.21. The molecule has 0 unspecified atom stereocenters. The third-order valence-electron chi connectivity index (χ3n) is 4.01. The summed E-state index contributed by atoms with van der Waals surface area (Å²) < 4.78 is 0. The van der Waals surface area contributed by atoms with Crippen molar-refractivity contribution in [2.75, 3.05) is 0 Å². The zero-order valence-electron chi connectivity index (χ0n) is 15.7. The zero-order valence-corrected chi connectivity index (χ0v) is 16.5. The second-order valence-electron chi connectivity index (χ2n) is 8.33. The van der Waals surface area contributed by atoms with Crippen LogP contribution < -0.4 is 0 Å². The Kier molecular flexibility index (Phi) is 6.76. The van der Waals surface area contributed by atoms with Crippen LogP contribution in [0.4, 0.5) is 0 Å². The first-order valence-electron chi connectivity index (χ1n) is 8.50. The number of benzene rings is 1. The second kappa shape index (κ2) is 7.74. The van der Waals surface area contributed by atoms with Crippen LogP contribution in [0.15, 0.2) is 23.1 Å². The standard InChI is InChI=1S/C20H32O2S/c1-8-9-10-17(18(21)22)23-16-12-14(19(2,3)4)11-15(13-16)20(5,6)7/h11-13,17H,8-10H2,1-7H3,(H,21,22)/t17-/m0/s1. The van der Waals surface area contributed by atoms with E-state index in [1.54, 1.807) is 0 Å². The molecule has 0 aliphatic carbocycles. The van der Waals surface area contributed by atoms with E-state index >= 15 is 0 Å². The van der Waals surface area contributed by atoms with E-state index in [9.17, 15) is 9.90 Å². The predicted octanol–water partition coefficient (Wildman–Crippen LogP) is 6.02. The molecule has 0 radical (unpaired) electrons. The number of hydrogen-bond donors (Lipinski definition) is 1. The number of carboxylic acids is 1. The number of thioether (sulfide) groups is 1. The molecule has 0 fully saturated rings. The van der Waals surface area contributed by atoms with E-state index in [-0.39, 0.29) is 16.1 Å². The molecule has 0 heterocycles. The van der Waals surface area contributed by atoms with Crippen LogP contribution in [0.25, 0.3) is 0 Å². The van der Waals surface area contributed by atoms with Crippen LogP contribution in [-0.2, 0) is 15.6 Å². The van der Waals surface area contributed by atoms with E-state index in [2.05, 4.69) is 66.7 Å². The predicted molar refractivity (Wildman–Crippen MR) is 101 cm³/mol. The number of aliphatic carboxylic acids is 1. The van der Waals surface area contributed by atoms with Gasteiger partial charge >= 0.3 is 5.97 Å². The Hall–Kier alpha value is -0.960. The first kappa shape index (κ1) is 20.1. The van der Waals surface area contributed by atoms with Crippen molar-refractivity contribution in [1.29, 1.82) is 0 Å². The topological polar surface area (TPSA) is 37.3 Å². The highest BCUT2D eigenvalue weighted by Crippen LogP contribution is 2.35. The maximum absolute atomic E-state index is 11.6. The number of carboxylic acid groups (broad SMARTS) is 1. The minimum Gasteiger partial charge on any atom is -0.480 e. The molecular weight excluding hydrogens is 304 g/mol. The summed E-state index contributed by atoms with van der Waals surface area (Å²) in [6.45, 7) is 15.3. The summed E-state index contributed by atoms with van der Waals surface area (Å²) in [5, 5.41) is 9.14. The fourth-order valence-electron chi connectivity index (χ4n) is 2.32. The lowest BCUT2D eigenvalue weighted by atomic mass is 9.81. The van der Waals surface area contributed by atoms with Crippen LogP contribution in [0.3, 0.4) is 0 Å². The maximum atomic E-state index is 11.6. The van der Waals surface area contributed by atoms with Gasteiger partial charge in [0.05, 0.1) is 0 Å². The van der Waals surface area contributed by atoms with Gasteiger partial charge in [-0.2, -0.15) is 0 Å². The molecule has 0 aliphatic heterocycles. The molecule has 0 saturated heterocycles. The van der Waals surface area contributed by atoms with Crippen molar-refractivity contribution < 1.29 is 9.90 Å². The fraction of sp³-hybridized carbons (Fsp3) is 0.650. The SMILES string of the molecule is CCCC[C@H](Sc1cc(C(C)(C)C)cc(C(C)(C)C)c1)C(=O)O. The van der Waals surface area contributed by atoms with Crippen LogP contribution >= 0.6 is 11.8 Å². The Labute approximate surface area is 146 Å². The van der Waals surface area contributed by atoms with Crippen molar-refractivity contribution in [1.82, 2.24) is 0 Å². The molecule has 0 saturated carbocycles. The van der Waals surface area contributed by atoms with Gasteiger partial charge in [-0.1, -0.05) is 67.4 Å². The first-order valence-corrected chi connectivity index (χ1v) is 9.38. The zero-order chi connectivity index (χ0) is 17.8. The van der Waals surface area contributed by atoms with Crippen LogP contribution in [-0.4, -0.2) is 16.3 Å². The minimum atomic E-state index is -0.707. The maximum Gasteiger partial charge on any atom is 0.316 e. The Morgan fingerprint density at radius 1 is 1.04 bits per heavy atom. The van der Waals surface area contributed by atoms with Crippen LogP contribution in [0.5, 0.6) is 0 Å². The van der Waals surface area contributed by atoms with E-state index in [0.717, 1.165) is 24.2 Å². The monoisotopic (exact) mass is 336 g/mol. The van der Waals surface area contributed by atoms with Gasteiger partial charge in [0.1, 0.15) is 5.25 Å². The molecule has 1 N–H and O–H groups in total. The van der Waals surface area contributed by atoms with E-state index in [1.165, 1.54) is 22.9 Å². The lowest BCUT2D eigenvalue weighted by Gasteiger charge is -2.26. The minimum absolute atomic E-state index is 0.0543. The summed E-state index contributed by atoms with van der Waals surface area (Å²) in [5.74, 6) is -0.707. The van der Waals surface area contributed by atoms with Crippen molar-refractivity contribution in [3.63, 3.8) is 0 Å². The van der Waals surface area contributed by atoms with E-state index < -0.39 is 5.97 Å². The normalized spacial score (nSPS) is 13.9. The van der Waals surface area contributed by atoms with Crippen LogP contribution in [0.1, 0.15) is 78.9 Å². The van der Waals surface area contributed by atoms with Crippen molar-refractivity contribution in [2.24, 2.45) is 0 Å². The number of hydrogen-bond acceptors (Lipinski definition) is 2. The summed E-state index contributed by atoms with van der Waals surface area (Å²) in [6, 6.07) is 6.61. The van der Waals surface area contributed by atoms with Gasteiger partial charge in [0.15, 0.2) is 0 Å². The van der Waals surface area contributed by atoms with Crippen molar-refractivity contribution in [3.8, 4) is 0 Å². The van der Waals surface area contributed by atoms with Gasteiger partial charge in [-0.15, -0.1) is 11.8 Å². The molecule has 3 heteroatoms. The Bertz CT molecular complexity index is 503. The molecule has 0 spiro atoms. The number of unbranched alkanes of at least 4 members (excludes halogenated alkanes) is 1. The molecule has 0 bridgehead atoms. The lowest BCUT2D eigenvalue weighted by molar-refractivity contribution is -0.136. The highest BCUT2D eigenvalue weighted by molar-refractivity contribution is 8.00. The first-order chi connectivity index (χ1) is 10.4. The smallest absolute Gasteiger partial charge is 0.316 e. The largest absolute Gasteiger partial charge is 0.480 e. The van der Waals surface area contributed by atoms with Crippen molar-refractivity contribution in [2.45, 2.75) is 88.7 Å². The molecular formula is C20H32O2S. The molecule has 1 aromatic carbocycles. The average Bonchev–Trinajstić information content (AvgIpc) is 2.40. The fourth-order valence-corrected chi connectivity index (χ4v) is 3.42. The summed E-state index contributed by atoms with van der Waals surface area (Å²) >= 11 is 1.50. The Morgan fingerprint density at radius 3 is 1.87 bits per heavy atom. The van der Waals surface area contributed by atoms with Gasteiger partial charge in [0.2, 0.25) is 0 Å². The number of carbonyl (C=O) groups is 1. The van der Waals surface area contributed by atoms with Gasteiger partial charge in [0.25, 0.3) is 0 Å². The summed E-state index contributed by atoms with van der Waals surface area (Å²) in [4.78, 5) is 12.6. The van der Waals surface area contributed by atoms with Crippen molar-refractivity contribution >= 4 is 17.7 Å². The molecule has 1 aromatic rings. The van der Waals surface area contributed by atoms with E-state index in [1.807, 2.05) is 0 Å². The molecule has 1 atom stereocenters. The third kappa shape index (κ3) is 6.21. The van der Waals surface area contributed by atoms with Crippen LogP contribution in [0, 0.1) is 0 Å². The third-order valence-corrected chi connectivity index (χ3v) is 5.24. The van der Waals surface area contributed by atoms with Gasteiger partial charge in [-0.05, 0) is 40.5 Å². The molecule has 0 aliphatic rings. The van der Waals surface area contributed by atoms with Gasteiger partial charge in [0, 0.05) is 4.90 Å². The lowest BCUT2D eigenvalue weighted by Crippen LogP contribution is -2.18. The highest BCUT2D eigenvalue weighted by Gasteiger charge is 2.23. The quantitative estimate of drug-likeness (QED) is 0.646. The van der Waals surface area contributed by atoms with Crippen LogP contribution in [0.2, 0.25) is 0 Å². The average molecular weight is 337 g/mol. The van der Waals surface area contributed by atoms with Gasteiger partial charge in [-0.3, -0.25) is 4.79 Å². The summed E-state index contributed by atoms with van der Waals surface area (Å²) in [6.07, 6.45) is 2.70. The second-order valence-corrected chi connectivity index (χ2v) is 9.61. The molecule has 23 heavy (non-hydrogen) atoms. The van der Waals surface area contributed by atoms with Gasteiger partial charge < -0.3 is 5.11 Å². The van der Waals surface area contributed by atoms with E-state index in [4.69, 9.17) is 0 Å². The molecule has 0 aromatic heterocycles. The molecule has 1 rings (SSSR count). The molecule has 0 amide bonds.